The fourth-order valence-corrected chi connectivity index (χ4v) is 3.04. The molecular weight excluding hydrogens is 314 g/mol. The molecule has 1 atom stereocenters. The van der Waals surface area contributed by atoms with Gasteiger partial charge in [0, 0.05) is 15.9 Å². The molecule has 3 N–H and O–H groups in total. The summed E-state index contributed by atoms with van der Waals surface area (Å²) in [6, 6.07) is 6.46. The van der Waals surface area contributed by atoms with Gasteiger partial charge < -0.3 is 11.1 Å². The molecule has 3 nitrogen and oxygen atoms in total. The van der Waals surface area contributed by atoms with Crippen LogP contribution in [0.5, 0.6) is 0 Å². The van der Waals surface area contributed by atoms with Gasteiger partial charge in [-0.1, -0.05) is 42.6 Å². The highest BCUT2D eigenvalue weighted by atomic mass is 79.9. The van der Waals surface area contributed by atoms with Gasteiger partial charge in [-0.2, -0.15) is 0 Å². The number of pyridine rings is 1. The van der Waals surface area contributed by atoms with E-state index in [0.717, 1.165) is 33.9 Å². The predicted octanol–water partition coefficient (Wildman–Crippen LogP) is 4.82. The van der Waals surface area contributed by atoms with Crippen LogP contribution in [0.4, 0.5) is 11.4 Å². The predicted molar refractivity (Wildman–Crippen MR) is 91.0 cm³/mol. The van der Waals surface area contributed by atoms with Crippen LogP contribution in [0.3, 0.4) is 0 Å². The Kier molecular flexibility index (Phi) is 4.86. The molecule has 0 bridgehead atoms. The molecule has 0 radical (unpaired) electrons. The number of nitrogens with zero attached hydrogens (tertiary/aromatic N) is 1. The van der Waals surface area contributed by atoms with Crippen LogP contribution in [0.15, 0.2) is 28.9 Å². The van der Waals surface area contributed by atoms with Crippen LogP contribution in [0.2, 0.25) is 0 Å². The van der Waals surface area contributed by atoms with Crippen molar-refractivity contribution in [2.24, 2.45) is 5.92 Å². The molecule has 0 aliphatic carbocycles. The molecule has 108 valence electrons. The van der Waals surface area contributed by atoms with Crippen molar-refractivity contribution in [2.75, 3.05) is 11.1 Å². The Bertz CT molecular complexity index is 588. The van der Waals surface area contributed by atoms with Crippen LogP contribution in [0, 0.1) is 5.92 Å². The lowest BCUT2D eigenvalue weighted by Gasteiger charge is -2.25. The zero-order valence-corrected chi connectivity index (χ0v) is 13.9. The number of nitrogen functional groups attached to an aromatic ring is 1. The van der Waals surface area contributed by atoms with Crippen molar-refractivity contribution in [3.8, 4) is 0 Å². The lowest BCUT2D eigenvalue weighted by molar-refractivity contribution is 0.438. The third kappa shape index (κ3) is 3.06. The van der Waals surface area contributed by atoms with Crippen molar-refractivity contribution in [3.63, 3.8) is 0 Å². The number of benzene rings is 1. The molecule has 0 spiro atoms. The monoisotopic (exact) mass is 335 g/mol. The van der Waals surface area contributed by atoms with E-state index in [0.29, 0.717) is 17.6 Å². The van der Waals surface area contributed by atoms with Gasteiger partial charge in [0.05, 0.1) is 23.1 Å². The highest BCUT2D eigenvalue weighted by Gasteiger charge is 2.16. The van der Waals surface area contributed by atoms with Crippen LogP contribution in [0.1, 0.15) is 33.6 Å². The standard InChI is InChI=1S/C16H22BrN3/c1-4-11(5-2)10(3)20-16-13-8-12(17)6-7-15(13)19-9-14(16)18/h6-11H,4-5,18H2,1-3H3,(H,19,20). The number of hydrogen-bond donors (Lipinski definition) is 2. The second-order valence-electron chi connectivity index (χ2n) is 5.26. The number of fused-ring (bicyclic) bond motifs is 1. The molecule has 1 heterocycles. The average Bonchev–Trinajstić information content (AvgIpc) is 2.43. The van der Waals surface area contributed by atoms with Crippen LogP contribution in [-0.2, 0) is 0 Å². The average molecular weight is 336 g/mol. The molecule has 0 saturated heterocycles. The molecule has 0 saturated carbocycles. The number of nitrogens with one attached hydrogen (secondary N) is 1. The molecule has 1 aromatic carbocycles. The van der Waals surface area contributed by atoms with Gasteiger partial charge in [0.25, 0.3) is 0 Å². The number of rotatable bonds is 5. The van der Waals surface area contributed by atoms with Gasteiger partial charge in [0.1, 0.15) is 0 Å². The zero-order chi connectivity index (χ0) is 14.7. The fraction of sp³-hybridized carbons (Fsp3) is 0.438. The van der Waals surface area contributed by atoms with Crippen LogP contribution >= 0.6 is 15.9 Å². The minimum Gasteiger partial charge on any atom is -0.396 e. The van der Waals surface area contributed by atoms with Gasteiger partial charge in [-0.25, -0.2) is 0 Å². The summed E-state index contributed by atoms with van der Waals surface area (Å²) in [5.41, 5.74) is 8.79. The van der Waals surface area contributed by atoms with Crippen molar-refractivity contribution in [2.45, 2.75) is 39.7 Å². The molecule has 0 amide bonds. The molecule has 0 fully saturated rings. The van der Waals surface area contributed by atoms with Crippen LogP contribution in [0.25, 0.3) is 10.9 Å². The molecule has 2 rings (SSSR count). The van der Waals surface area contributed by atoms with E-state index in [1.807, 2.05) is 12.1 Å². The maximum atomic E-state index is 6.13. The quantitative estimate of drug-likeness (QED) is 0.823. The van der Waals surface area contributed by atoms with Gasteiger partial charge in [-0.3, -0.25) is 4.98 Å². The molecular formula is C16H22BrN3. The molecule has 1 aromatic heterocycles. The van der Waals surface area contributed by atoms with Crippen LogP contribution < -0.4 is 11.1 Å². The van der Waals surface area contributed by atoms with Gasteiger partial charge in [-0.15, -0.1) is 0 Å². The van der Waals surface area contributed by atoms with E-state index in [1.54, 1.807) is 6.20 Å². The fourth-order valence-electron chi connectivity index (χ4n) is 2.68. The maximum Gasteiger partial charge on any atom is 0.0743 e. The molecule has 20 heavy (non-hydrogen) atoms. The molecule has 2 aromatic rings. The van der Waals surface area contributed by atoms with Gasteiger partial charge in [0.2, 0.25) is 0 Å². The van der Waals surface area contributed by atoms with Crippen molar-refractivity contribution < 1.29 is 0 Å². The van der Waals surface area contributed by atoms with E-state index in [1.165, 1.54) is 0 Å². The first kappa shape index (κ1) is 15.1. The number of nitrogens with two attached hydrogens (primary N) is 1. The number of aromatic nitrogens is 1. The topological polar surface area (TPSA) is 50.9 Å². The Balaban J connectivity index is 2.42. The third-order valence-corrected chi connectivity index (χ3v) is 4.48. The maximum absolute atomic E-state index is 6.13. The van der Waals surface area contributed by atoms with Crippen molar-refractivity contribution in [1.29, 1.82) is 0 Å². The molecule has 0 aliphatic heterocycles. The second-order valence-corrected chi connectivity index (χ2v) is 6.18. The smallest absolute Gasteiger partial charge is 0.0743 e. The summed E-state index contributed by atoms with van der Waals surface area (Å²) < 4.78 is 1.04. The normalized spacial score (nSPS) is 12.8. The minimum absolute atomic E-state index is 0.386. The van der Waals surface area contributed by atoms with Crippen LogP contribution in [-0.4, -0.2) is 11.0 Å². The largest absolute Gasteiger partial charge is 0.396 e. The summed E-state index contributed by atoms with van der Waals surface area (Å²) in [4.78, 5) is 4.39. The van der Waals surface area contributed by atoms with E-state index in [9.17, 15) is 0 Å². The van der Waals surface area contributed by atoms with Crippen molar-refractivity contribution in [3.05, 3.63) is 28.9 Å². The van der Waals surface area contributed by atoms with Gasteiger partial charge >= 0.3 is 0 Å². The Morgan fingerprint density at radius 2 is 2.00 bits per heavy atom. The Hall–Kier alpha value is -1.29. The first-order valence-corrected chi connectivity index (χ1v) is 7.96. The van der Waals surface area contributed by atoms with Gasteiger partial charge in [-0.05, 0) is 31.0 Å². The third-order valence-electron chi connectivity index (χ3n) is 3.99. The number of anilines is 2. The molecule has 4 heteroatoms. The first-order valence-electron chi connectivity index (χ1n) is 7.17. The second kappa shape index (κ2) is 6.44. The first-order chi connectivity index (χ1) is 9.56. The summed E-state index contributed by atoms with van der Waals surface area (Å²) in [7, 11) is 0. The molecule has 0 aliphatic rings. The van der Waals surface area contributed by atoms with Gasteiger partial charge in [0.15, 0.2) is 0 Å². The Morgan fingerprint density at radius 1 is 1.30 bits per heavy atom. The van der Waals surface area contributed by atoms with Crippen molar-refractivity contribution >= 4 is 38.2 Å². The Labute approximate surface area is 129 Å². The van der Waals surface area contributed by atoms with E-state index in [4.69, 9.17) is 5.73 Å². The van der Waals surface area contributed by atoms with E-state index in [2.05, 4.69) is 53.1 Å². The SMILES string of the molecule is CCC(CC)C(C)Nc1c(N)cnc2ccc(Br)cc12. The highest BCUT2D eigenvalue weighted by Crippen LogP contribution is 2.31. The van der Waals surface area contributed by atoms with E-state index < -0.39 is 0 Å². The molecule has 1 unspecified atom stereocenters. The lowest BCUT2D eigenvalue weighted by atomic mass is 9.95. The number of halogens is 1. The summed E-state index contributed by atoms with van der Waals surface area (Å²) in [6.45, 7) is 6.69. The summed E-state index contributed by atoms with van der Waals surface area (Å²) in [5.74, 6) is 0.643. The summed E-state index contributed by atoms with van der Waals surface area (Å²) in [6.07, 6.45) is 4.06. The summed E-state index contributed by atoms with van der Waals surface area (Å²) >= 11 is 3.52. The number of hydrogen-bond acceptors (Lipinski definition) is 3. The van der Waals surface area contributed by atoms with E-state index >= 15 is 0 Å². The van der Waals surface area contributed by atoms with E-state index in [-0.39, 0.29) is 0 Å². The highest BCUT2D eigenvalue weighted by molar-refractivity contribution is 9.10. The lowest BCUT2D eigenvalue weighted by Crippen LogP contribution is -2.25. The summed E-state index contributed by atoms with van der Waals surface area (Å²) in [5, 5.41) is 4.66. The van der Waals surface area contributed by atoms with Crippen molar-refractivity contribution in [1.82, 2.24) is 4.98 Å². The minimum atomic E-state index is 0.386. The zero-order valence-electron chi connectivity index (χ0n) is 12.3. The Morgan fingerprint density at radius 3 is 2.65 bits per heavy atom.